The normalized spacial score (nSPS) is 10.5. The minimum absolute atomic E-state index is 0.0344. The molecule has 110 valence electrons. The Morgan fingerprint density at radius 2 is 1.45 bits per heavy atom. The van der Waals surface area contributed by atoms with E-state index in [2.05, 4.69) is 16.8 Å². The summed E-state index contributed by atoms with van der Waals surface area (Å²) in [6, 6.07) is 13.3. The van der Waals surface area contributed by atoms with Gasteiger partial charge >= 0.3 is 5.97 Å². The number of carboxylic acid groups (broad SMARTS) is 1. The summed E-state index contributed by atoms with van der Waals surface area (Å²) < 4.78 is 0. The van der Waals surface area contributed by atoms with Crippen molar-refractivity contribution in [3.8, 4) is 0 Å². The van der Waals surface area contributed by atoms with Gasteiger partial charge in [-0.15, -0.1) is 0 Å². The lowest BCUT2D eigenvalue weighted by molar-refractivity contribution is -0.114. The number of carboxylic acids is 1. The van der Waals surface area contributed by atoms with Gasteiger partial charge in [-0.2, -0.15) is 10.2 Å². The van der Waals surface area contributed by atoms with Crippen LogP contribution in [0.4, 0.5) is 11.4 Å². The van der Waals surface area contributed by atoms with Crippen molar-refractivity contribution in [2.75, 3.05) is 0 Å². The summed E-state index contributed by atoms with van der Waals surface area (Å²) in [7, 11) is 0. The number of allylic oxidation sites excluding steroid dienone is 1. The highest BCUT2D eigenvalue weighted by Gasteiger charge is 2.01. The Morgan fingerprint density at radius 1 is 0.955 bits per heavy atom. The zero-order chi connectivity index (χ0) is 15.9. The summed E-state index contributed by atoms with van der Waals surface area (Å²) in [6.07, 6.45) is 1.62. The van der Waals surface area contributed by atoms with E-state index in [1.807, 2.05) is 12.1 Å². The molecule has 0 aliphatic heterocycles. The average molecular weight is 294 g/mol. The molecular formula is C17H14N2O3. The fourth-order valence-corrected chi connectivity index (χ4v) is 1.74. The van der Waals surface area contributed by atoms with Gasteiger partial charge in [0.15, 0.2) is 5.78 Å². The first-order chi connectivity index (χ1) is 10.6. The summed E-state index contributed by atoms with van der Waals surface area (Å²) in [4.78, 5) is 22.0. The van der Waals surface area contributed by atoms with Gasteiger partial charge in [0.05, 0.1) is 16.9 Å². The molecule has 0 unspecified atom stereocenters. The van der Waals surface area contributed by atoms with Crippen LogP contribution in [0.15, 0.2) is 71.4 Å². The molecular weight excluding hydrogens is 280 g/mol. The molecule has 0 aliphatic carbocycles. The standard InChI is InChI=1S/C17H14N2O3/c1-2-16(20)11-12-3-7-14(8-4-12)18-19-15-9-5-13(6-10-15)17(21)22/h2-10H,1,11H2,(H,21,22). The molecule has 0 saturated carbocycles. The van der Waals surface area contributed by atoms with Crippen LogP contribution in [0, 0.1) is 0 Å². The second-order valence-corrected chi connectivity index (χ2v) is 4.57. The summed E-state index contributed by atoms with van der Waals surface area (Å²) in [5.74, 6) is -1.01. The minimum Gasteiger partial charge on any atom is -0.478 e. The number of rotatable bonds is 6. The van der Waals surface area contributed by atoms with E-state index >= 15 is 0 Å². The Balaban J connectivity index is 2.05. The maximum atomic E-state index is 11.3. The molecule has 0 radical (unpaired) electrons. The number of hydrogen-bond donors (Lipinski definition) is 1. The van der Waals surface area contributed by atoms with Gasteiger partial charge in [0, 0.05) is 6.42 Å². The second kappa shape index (κ2) is 7.08. The maximum absolute atomic E-state index is 11.3. The third-order valence-electron chi connectivity index (χ3n) is 2.94. The summed E-state index contributed by atoms with van der Waals surface area (Å²) in [5, 5.41) is 16.9. The van der Waals surface area contributed by atoms with Crippen LogP contribution in [0.3, 0.4) is 0 Å². The van der Waals surface area contributed by atoms with E-state index in [0.717, 1.165) is 5.56 Å². The molecule has 0 spiro atoms. The highest BCUT2D eigenvalue weighted by molar-refractivity contribution is 5.90. The lowest BCUT2D eigenvalue weighted by atomic mass is 10.1. The maximum Gasteiger partial charge on any atom is 0.335 e. The number of hydrogen-bond acceptors (Lipinski definition) is 4. The molecule has 2 rings (SSSR count). The van der Waals surface area contributed by atoms with Crippen molar-refractivity contribution in [1.82, 2.24) is 0 Å². The molecule has 0 amide bonds. The van der Waals surface area contributed by atoms with E-state index < -0.39 is 5.97 Å². The van der Waals surface area contributed by atoms with Gasteiger partial charge < -0.3 is 5.11 Å². The smallest absolute Gasteiger partial charge is 0.335 e. The van der Waals surface area contributed by atoms with Gasteiger partial charge in [0.1, 0.15) is 0 Å². The summed E-state index contributed by atoms with van der Waals surface area (Å²) in [6.45, 7) is 3.43. The molecule has 0 fully saturated rings. The number of benzene rings is 2. The molecule has 0 heterocycles. The van der Waals surface area contributed by atoms with Crippen molar-refractivity contribution in [3.63, 3.8) is 0 Å². The van der Waals surface area contributed by atoms with Crippen LogP contribution in [0.5, 0.6) is 0 Å². The first-order valence-corrected chi connectivity index (χ1v) is 6.58. The SMILES string of the molecule is C=CC(=O)Cc1ccc(N=Nc2ccc(C(=O)O)cc2)cc1. The van der Waals surface area contributed by atoms with Crippen molar-refractivity contribution in [1.29, 1.82) is 0 Å². The molecule has 0 atom stereocenters. The molecule has 22 heavy (non-hydrogen) atoms. The Morgan fingerprint density at radius 3 is 1.91 bits per heavy atom. The highest BCUT2D eigenvalue weighted by Crippen LogP contribution is 2.19. The van der Waals surface area contributed by atoms with E-state index in [9.17, 15) is 9.59 Å². The van der Waals surface area contributed by atoms with Crippen LogP contribution in [-0.2, 0) is 11.2 Å². The molecule has 2 aromatic carbocycles. The molecule has 0 saturated heterocycles. The van der Waals surface area contributed by atoms with Crippen LogP contribution < -0.4 is 0 Å². The van der Waals surface area contributed by atoms with Gasteiger partial charge in [0.2, 0.25) is 0 Å². The number of carbonyl (C=O) groups is 2. The Kier molecular flexibility index (Phi) is 4.93. The van der Waals surface area contributed by atoms with Gasteiger partial charge in [-0.3, -0.25) is 4.79 Å². The Hall–Kier alpha value is -3.08. The van der Waals surface area contributed by atoms with Gasteiger partial charge in [-0.25, -0.2) is 4.79 Å². The second-order valence-electron chi connectivity index (χ2n) is 4.57. The van der Waals surface area contributed by atoms with Gasteiger partial charge in [0.25, 0.3) is 0 Å². The van der Waals surface area contributed by atoms with E-state index in [-0.39, 0.29) is 11.3 Å². The minimum atomic E-state index is -0.979. The first kappa shape index (κ1) is 15.3. The predicted molar refractivity (Wildman–Crippen MR) is 82.9 cm³/mol. The third kappa shape index (κ3) is 4.21. The Bertz CT molecular complexity index is 717. The van der Waals surface area contributed by atoms with Crippen LogP contribution in [-0.4, -0.2) is 16.9 Å². The summed E-state index contributed by atoms with van der Waals surface area (Å²) >= 11 is 0. The van der Waals surface area contributed by atoms with E-state index in [1.54, 1.807) is 24.3 Å². The largest absolute Gasteiger partial charge is 0.478 e. The molecule has 0 bridgehead atoms. The average Bonchev–Trinajstić information content (AvgIpc) is 2.54. The van der Waals surface area contributed by atoms with Gasteiger partial charge in [-0.1, -0.05) is 18.7 Å². The predicted octanol–water partition coefficient (Wildman–Crippen LogP) is 4.10. The fraction of sp³-hybridized carbons (Fsp3) is 0.0588. The monoisotopic (exact) mass is 294 g/mol. The Labute approximate surface area is 127 Å². The van der Waals surface area contributed by atoms with E-state index in [4.69, 9.17) is 5.11 Å². The fourth-order valence-electron chi connectivity index (χ4n) is 1.74. The van der Waals surface area contributed by atoms with Crippen LogP contribution in [0.1, 0.15) is 15.9 Å². The van der Waals surface area contributed by atoms with Crippen molar-refractivity contribution < 1.29 is 14.7 Å². The van der Waals surface area contributed by atoms with Gasteiger partial charge in [-0.05, 0) is 48.0 Å². The molecule has 0 aliphatic rings. The van der Waals surface area contributed by atoms with Crippen LogP contribution in [0.25, 0.3) is 0 Å². The summed E-state index contributed by atoms with van der Waals surface area (Å²) in [5.41, 5.74) is 2.30. The lowest BCUT2D eigenvalue weighted by Crippen LogP contribution is -1.96. The highest BCUT2D eigenvalue weighted by atomic mass is 16.4. The zero-order valence-corrected chi connectivity index (χ0v) is 11.8. The molecule has 2 aromatic rings. The quantitative estimate of drug-likeness (QED) is 0.643. The van der Waals surface area contributed by atoms with E-state index in [0.29, 0.717) is 17.8 Å². The van der Waals surface area contributed by atoms with Crippen molar-refractivity contribution in [3.05, 3.63) is 72.3 Å². The third-order valence-corrected chi connectivity index (χ3v) is 2.94. The first-order valence-electron chi connectivity index (χ1n) is 6.58. The molecule has 5 heteroatoms. The lowest BCUT2D eigenvalue weighted by Gasteiger charge is -1.98. The number of carbonyl (C=O) groups excluding carboxylic acids is 1. The zero-order valence-electron chi connectivity index (χ0n) is 11.8. The van der Waals surface area contributed by atoms with Crippen LogP contribution >= 0.6 is 0 Å². The van der Waals surface area contributed by atoms with Crippen LogP contribution in [0.2, 0.25) is 0 Å². The van der Waals surface area contributed by atoms with Crippen molar-refractivity contribution in [2.24, 2.45) is 10.2 Å². The number of aromatic carboxylic acids is 1. The van der Waals surface area contributed by atoms with Crippen molar-refractivity contribution >= 4 is 23.1 Å². The number of ketones is 1. The molecule has 5 nitrogen and oxygen atoms in total. The molecule has 0 aromatic heterocycles. The number of azo groups is 1. The molecule has 1 N–H and O–H groups in total. The van der Waals surface area contributed by atoms with Crippen molar-refractivity contribution in [2.45, 2.75) is 6.42 Å². The topological polar surface area (TPSA) is 79.1 Å². The van der Waals surface area contributed by atoms with E-state index in [1.165, 1.54) is 18.2 Å². The number of nitrogens with zero attached hydrogens (tertiary/aromatic N) is 2.